The van der Waals surface area contributed by atoms with E-state index >= 15 is 0 Å². The lowest BCUT2D eigenvalue weighted by Gasteiger charge is -2.06. The molecule has 6 nitrogen and oxygen atoms in total. The molecule has 0 bridgehead atoms. The Morgan fingerprint density at radius 2 is 2.04 bits per heavy atom. The molecule has 0 aliphatic rings. The Bertz CT molecular complexity index is 891. The normalized spacial score (nSPS) is 9.83. The van der Waals surface area contributed by atoms with Gasteiger partial charge in [0.15, 0.2) is 5.03 Å². The van der Waals surface area contributed by atoms with Crippen molar-refractivity contribution in [3.8, 4) is 12.1 Å². The van der Waals surface area contributed by atoms with Gasteiger partial charge in [-0.2, -0.15) is 10.5 Å². The SMILES string of the molecule is N#Cc1cc(C#N)c(SCC(=O)Nc2ccc(F)c(Cl)c2)[nH+]c1N. The van der Waals surface area contributed by atoms with E-state index < -0.39 is 5.82 Å². The Balaban J connectivity index is 2.06. The Morgan fingerprint density at radius 3 is 2.67 bits per heavy atom. The van der Waals surface area contributed by atoms with Crippen LogP contribution < -0.4 is 16.0 Å². The van der Waals surface area contributed by atoms with Gasteiger partial charge < -0.3 is 5.32 Å². The second-order valence-electron chi connectivity index (χ2n) is 4.53. The summed E-state index contributed by atoms with van der Waals surface area (Å²) in [5.74, 6) is -0.858. The van der Waals surface area contributed by atoms with Crippen LogP contribution in [0.1, 0.15) is 11.1 Å². The highest BCUT2D eigenvalue weighted by atomic mass is 35.5. The van der Waals surface area contributed by atoms with Crippen molar-refractivity contribution < 1.29 is 14.2 Å². The second kappa shape index (κ2) is 7.64. The number of aromatic amines is 1. The number of nitriles is 2. The van der Waals surface area contributed by atoms with Crippen LogP contribution in [0.2, 0.25) is 5.02 Å². The topological polar surface area (TPSA) is 117 Å². The molecule has 0 radical (unpaired) electrons. The Labute approximate surface area is 146 Å². The lowest BCUT2D eigenvalue weighted by atomic mass is 10.2. The zero-order valence-corrected chi connectivity index (χ0v) is 13.6. The summed E-state index contributed by atoms with van der Waals surface area (Å²) in [6, 6.07) is 8.98. The summed E-state index contributed by atoms with van der Waals surface area (Å²) in [4.78, 5) is 14.7. The largest absolute Gasteiger partial charge is 0.325 e. The number of pyridine rings is 1. The third-order valence-electron chi connectivity index (χ3n) is 2.86. The Hall–Kier alpha value is -2.81. The molecule has 0 spiro atoms. The van der Waals surface area contributed by atoms with Crippen LogP contribution >= 0.6 is 23.4 Å². The second-order valence-corrected chi connectivity index (χ2v) is 5.92. The zero-order chi connectivity index (χ0) is 17.7. The first kappa shape index (κ1) is 17.5. The summed E-state index contributed by atoms with van der Waals surface area (Å²) < 4.78 is 13.1. The Morgan fingerprint density at radius 1 is 1.33 bits per heavy atom. The number of hydrogen-bond acceptors (Lipinski definition) is 5. The van der Waals surface area contributed by atoms with E-state index in [1.54, 1.807) is 0 Å². The molecule has 0 saturated carbocycles. The van der Waals surface area contributed by atoms with Gasteiger partial charge in [0.2, 0.25) is 5.91 Å². The molecule has 0 saturated heterocycles. The summed E-state index contributed by atoms with van der Waals surface area (Å²) in [5.41, 5.74) is 6.39. The van der Waals surface area contributed by atoms with Crippen LogP contribution in [-0.2, 0) is 4.79 Å². The summed E-state index contributed by atoms with van der Waals surface area (Å²) in [7, 11) is 0. The number of thioether (sulfide) groups is 1. The van der Waals surface area contributed by atoms with Crippen LogP contribution in [0.4, 0.5) is 15.9 Å². The first-order valence-corrected chi connectivity index (χ1v) is 7.84. The standard InChI is InChI=1S/C15H9ClFN5OS/c16-11-4-10(1-2-12(11)17)21-13(23)7-24-15-9(6-19)3-8(5-18)14(20)22-15/h1-4H,7H2,(H2,20,22)(H,21,23)/p+1. The van der Waals surface area contributed by atoms with Crippen molar-refractivity contribution in [2.75, 3.05) is 16.8 Å². The first-order chi connectivity index (χ1) is 11.4. The molecule has 0 aliphatic carbocycles. The van der Waals surface area contributed by atoms with Gasteiger partial charge in [0, 0.05) is 5.69 Å². The molecule has 2 aromatic rings. The predicted octanol–water partition coefficient (Wildman–Crippen LogP) is 2.35. The quantitative estimate of drug-likeness (QED) is 0.809. The molecule has 0 aliphatic heterocycles. The maximum atomic E-state index is 13.1. The first-order valence-electron chi connectivity index (χ1n) is 6.48. The summed E-state index contributed by atoms with van der Waals surface area (Å²) >= 11 is 6.70. The van der Waals surface area contributed by atoms with Crippen LogP contribution in [0.5, 0.6) is 0 Å². The summed E-state index contributed by atoms with van der Waals surface area (Å²) in [5, 5.41) is 20.8. The average molecular weight is 363 g/mol. The molecule has 4 N–H and O–H groups in total. The van der Waals surface area contributed by atoms with Crippen LogP contribution in [0.15, 0.2) is 29.3 Å². The van der Waals surface area contributed by atoms with Gasteiger partial charge in [0.1, 0.15) is 29.1 Å². The van der Waals surface area contributed by atoms with E-state index in [1.807, 2.05) is 12.1 Å². The van der Waals surface area contributed by atoms with Gasteiger partial charge in [0.05, 0.1) is 10.8 Å². The molecule has 1 aromatic carbocycles. The van der Waals surface area contributed by atoms with Crippen molar-refractivity contribution in [1.29, 1.82) is 10.5 Å². The molecule has 120 valence electrons. The van der Waals surface area contributed by atoms with Gasteiger partial charge in [-0.25, -0.2) is 9.37 Å². The highest BCUT2D eigenvalue weighted by Gasteiger charge is 2.16. The Kier molecular flexibility index (Phi) is 5.59. The minimum Gasteiger partial charge on any atom is -0.325 e. The number of nitrogens with two attached hydrogens (primary N) is 1. The van der Waals surface area contributed by atoms with E-state index in [9.17, 15) is 9.18 Å². The van der Waals surface area contributed by atoms with Crippen molar-refractivity contribution in [3.05, 3.63) is 46.2 Å². The fourth-order valence-electron chi connectivity index (χ4n) is 1.74. The third-order valence-corrected chi connectivity index (χ3v) is 4.17. The fraction of sp³-hybridized carbons (Fsp3) is 0.0667. The van der Waals surface area contributed by atoms with Gasteiger partial charge in [-0.1, -0.05) is 23.4 Å². The van der Waals surface area contributed by atoms with Crippen LogP contribution in [-0.4, -0.2) is 11.7 Å². The monoisotopic (exact) mass is 362 g/mol. The molecule has 0 atom stereocenters. The third kappa shape index (κ3) is 4.13. The van der Waals surface area contributed by atoms with Gasteiger partial charge >= 0.3 is 0 Å². The van der Waals surface area contributed by atoms with Crippen LogP contribution in [0, 0.1) is 28.5 Å². The number of anilines is 2. The zero-order valence-electron chi connectivity index (χ0n) is 12.1. The molecule has 0 fully saturated rings. The van der Waals surface area contributed by atoms with Crippen molar-refractivity contribution in [3.63, 3.8) is 0 Å². The number of nitrogens with zero attached hydrogens (tertiary/aromatic N) is 2. The maximum absolute atomic E-state index is 13.1. The number of nitrogen functional groups attached to an aromatic ring is 1. The molecule has 2 rings (SSSR count). The molecule has 1 aromatic heterocycles. The minimum absolute atomic E-state index is 0.0223. The maximum Gasteiger partial charge on any atom is 0.289 e. The summed E-state index contributed by atoms with van der Waals surface area (Å²) in [6.07, 6.45) is 0. The van der Waals surface area contributed by atoms with Crippen molar-refractivity contribution >= 4 is 40.8 Å². The average Bonchev–Trinajstić information content (AvgIpc) is 2.56. The van der Waals surface area contributed by atoms with E-state index in [1.165, 1.54) is 18.2 Å². The lowest BCUT2D eigenvalue weighted by Crippen LogP contribution is -2.19. The number of rotatable bonds is 4. The molecule has 1 heterocycles. The number of H-pyrrole nitrogens is 1. The summed E-state index contributed by atoms with van der Waals surface area (Å²) in [6.45, 7) is 0. The molecule has 24 heavy (non-hydrogen) atoms. The number of amides is 1. The van der Waals surface area contributed by atoms with Gasteiger partial charge in [-0.05, 0) is 24.3 Å². The number of carbonyl (C=O) groups is 1. The van der Waals surface area contributed by atoms with Gasteiger partial charge in [0.25, 0.3) is 5.82 Å². The highest BCUT2D eigenvalue weighted by molar-refractivity contribution is 7.99. The molecular weight excluding hydrogens is 353 g/mol. The molecule has 1 amide bonds. The number of benzene rings is 1. The minimum atomic E-state index is -0.578. The van der Waals surface area contributed by atoms with Gasteiger partial charge in [-0.15, -0.1) is 0 Å². The smallest absolute Gasteiger partial charge is 0.289 e. The van der Waals surface area contributed by atoms with Crippen molar-refractivity contribution in [2.24, 2.45) is 0 Å². The predicted molar refractivity (Wildman–Crippen MR) is 87.6 cm³/mol. The number of carbonyl (C=O) groups excluding carboxylic acids is 1. The van der Waals surface area contributed by atoms with Crippen molar-refractivity contribution in [2.45, 2.75) is 5.03 Å². The van der Waals surface area contributed by atoms with E-state index in [4.69, 9.17) is 27.9 Å². The number of aromatic nitrogens is 1. The van der Waals surface area contributed by atoms with Crippen LogP contribution in [0.3, 0.4) is 0 Å². The fourth-order valence-corrected chi connectivity index (χ4v) is 2.71. The lowest BCUT2D eigenvalue weighted by molar-refractivity contribution is -0.410. The van der Waals surface area contributed by atoms with E-state index in [0.717, 1.165) is 17.8 Å². The molecular formula is C15H10ClFN5OS+. The number of nitrogens with one attached hydrogen (secondary N) is 2. The van der Waals surface area contributed by atoms with E-state index in [2.05, 4.69) is 10.3 Å². The van der Waals surface area contributed by atoms with Crippen LogP contribution in [0.25, 0.3) is 0 Å². The highest BCUT2D eigenvalue weighted by Crippen LogP contribution is 2.22. The van der Waals surface area contributed by atoms with Gasteiger partial charge in [-0.3, -0.25) is 10.5 Å². The number of hydrogen-bond donors (Lipinski definition) is 2. The van der Waals surface area contributed by atoms with E-state index in [0.29, 0.717) is 10.7 Å². The number of halogens is 2. The molecule has 0 unspecified atom stereocenters. The molecule has 9 heteroatoms. The van der Waals surface area contributed by atoms with E-state index in [-0.39, 0.29) is 33.6 Å². The van der Waals surface area contributed by atoms with Crippen molar-refractivity contribution in [1.82, 2.24) is 0 Å².